The second kappa shape index (κ2) is 7.09. The lowest BCUT2D eigenvalue weighted by atomic mass is 9.85. The van der Waals surface area contributed by atoms with Gasteiger partial charge in [-0.25, -0.2) is 4.79 Å². The standard InChI is InChI=1S/C14H25N3O4/c1-14(12(18)19)10-21-9-11(14)16-13(20)15-5-4-8-17-6-2-3-7-17/h11H,2-10H2,1H3,(H,18,19)(H2,15,16,20). The third-order valence-electron chi connectivity index (χ3n) is 4.38. The van der Waals surface area contributed by atoms with E-state index in [0.717, 1.165) is 26.1 Å². The molecule has 2 aliphatic heterocycles. The van der Waals surface area contributed by atoms with Gasteiger partial charge in [-0.05, 0) is 45.8 Å². The Morgan fingerprint density at radius 3 is 2.76 bits per heavy atom. The van der Waals surface area contributed by atoms with E-state index in [1.807, 2.05) is 0 Å². The van der Waals surface area contributed by atoms with Crippen molar-refractivity contribution in [2.24, 2.45) is 5.41 Å². The molecule has 0 saturated carbocycles. The molecule has 0 aromatic carbocycles. The molecule has 0 spiro atoms. The predicted octanol–water partition coefficient (Wildman–Crippen LogP) is 0.261. The Kier molecular flexibility index (Phi) is 5.41. The van der Waals surface area contributed by atoms with Gasteiger partial charge in [-0.2, -0.15) is 0 Å². The number of urea groups is 1. The fraction of sp³-hybridized carbons (Fsp3) is 0.857. The van der Waals surface area contributed by atoms with E-state index in [1.165, 1.54) is 12.8 Å². The van der Waals surface area contributed by atoms with Crippen molar-refractivity contribution in [3.63, 3.8) is 0 Å². The van der Waals surface area contributed by atoms with Gasteiger partial charge in [0.2, 0.25) is 0 Å². The molecular formula is C14H25N3O4. The lowest BCUT2D eigenvalue weighted by Gasteiger charge is -2.25. The second-order valence-electron chi connectivity index (χ2n) is 6.09. The summed E-state index contributed by atoms with van der Waals surface area (Å²) in [5.74, 6) is -0.945. The van der Waals surface area contributed by atoms with Gasteiger partial charge in [0.25, 0.3) is 0 Å². The van der Waals surface area contributed by atoms with Crippen molar-refractivity contribution in [1.82, 2.24) is 15.5 Å². The number of amides is 2. The molecule has 2 fully saturated rings. The van der Waals surface area contributed by atoms with Crippen LogP contribution in [0.25, 0.3) is 0 Å². The molecule has 2 heterocycles. The zero-order chi connectivity index (χ0) is 15.3. The van der Waals surface area contributed by atoms with Crippen LogP contribution in [-0.4, -0.2) is 67.4 Å². The molecule has 21 heavy (non-hydrogen) atoms. The highest BCUT2D eigenvalue weighted by Gasteiger charge is 2.47. The average molecular weight is 299 g/mol. The van der Waals surface area contributed by atoms with E-state index in [2.05, 4.69) is 15.5 Å². The number of aliphatic carboxylic acids is 1. The Morgan fingerprint density at radius 2 is 2.10 bits per heavy atom. The molecule has 0 aromatic heterocycles. The number of carboxylic acids is 1. The fourth-order valence-corrected chi connectivity index (χ4v) is 2.81. The number of likely N-dealkylation sites (tertiary alicyclic amines) is 1. The van der Waals surface area contributed by atoms with E-state index in [-0.39, 0.29) is 19.2 Å². The number of rotatable bonds is 6. The van der Waals surface area contributed by atoms with Crippen LogP contribution in [0.3, 0.4) is 0 Å². The van der Waals surface area contributed by atoms with E-state index in [1.54, 1.807) is 6.92 Å². The van der Waals surface area contributed by atoms with Crippen molar-refractivity contribution in [3.05, 3.63) is 0 Å². The van der Waals surface area contributed by atoms with Crippen LogP contribution >= 0.6 is 0 Å². The maximum Gasteiger partial charge on any atom is 0.315 e. The van der Waals surface area contributed by atoms with Crippen LogP contribution in [0, 0.1) is 5.41 Å². The van der Waals surface area contributed by atoms with Crippen LogP contribution in [0.4, 0.5) is 4.79 Å². The van der Waals surface area contributed by atoms with Crippen molar-refractivity contribution in [2.75, 3.05) is 39.4 Å². The summed E-state index contributed by atoms with van der Waals surface area (Å²) < 4.78 is 5.20. The van der Waals surface area contributed by atoms with E-state index < -0.39 is 17.4 Å². The molecule has 120 valence electrons. The number of carboxylic acid groups (broad SMARTS) is 1. The van der Waals surface area contributed by atoms with Crippen LogP contribution in [0.5, 0.6) is 0 Å². The van der Waals surface area contributed by atoms with Gasteiger partial charge in [0.15, 0.2) is 0 Å². The summed E-state index contributed by atoms with van der Waals surface area (Å²) in [6, 6.07) is -0.812. The number of hydrogen-bond donors (Lipinski definition) is 3. The van der Waals surface area contributed by atoms with Crippen molar-refractivity contribution < 1.29 is 19.4 Å². The Balaban J connectivity index is 1.65. The highest BCUT2D eigenvalue weighted by molar-refractivity contribution is 5.79. The van der Waals surface area contributed by atoms with Gasteiger partial charge in [-0.1, -0.05) is 0 Å². The van der Waals surface area contributed by atoms with Crippen LogP contribution in [0.1, 0.15) is 26.2 Å². The number of carbonyl (C=O) groups is 2. The van der Waals surface area contributed by atoms with Crippen molar-refractivity contribution in [3.8, 4) is 0 Å². The SMILES string of the molecule is CC1(C(=O)O)COCC1NC(=O)NCCCN1CCCC1. The first-order valence-electron chi connectivity index (χ1n) is 7.60. The molecule has 0 aromatic rings. The van der Waals surface area contributed by atoms with Crippen LogP contribution in [0.2, 0.25) is 0 Å². The summed E-state index contributed by atoms with van der Waals surface area (Å²) in [7, 11) is 0. The molecular weight excluding hydrogens is 274 g/mol. The normalized spacial score (nSPS) is 29.5. The van der Waals surface area contributed by atoms with Gasteiger partial charge < -0.3 is 25.4 Å². The topological polar surface area (TPSA) is 90.9 Å². The molecule has 0 bridgehead atoms. The summed E-state index contributed by atoms with van der Waals surface area (Å²) in [5.41, 5.74) is -1.05. The van der Waals surface area contributed by atoms with E-state index in [0.29, 0.717) is 6.54 Å². The minimum atomic E-state index is -1.05. The molecule has 0 radical (unpaired) electrons. The number of nitrogens with zero attached hydrogens (tertiary/aromatic N) is 1. The van der Waals surface area contributed by atoms with Gasteiger partial charge in [-0.15, -0.1) is 0 Å². The van der Waals surface area contributed by atoms with Gasteiger partial charge >= 0.3 is 12.0 Å². The zero-order valence-electron chi connectivity index (χ0n) is 12.6. The van der Waals surface area contributed by atoms with Gasteiger partial charge in [0.1, 0.15) is 5.41 Å². The summed E-state index contributed by atoms with van der Waals surface area (Å²) in [6.07, 6.45) is 3.44. The minimum absolute atomic E-state index is 0.127. The molecule has 2 amide bonds. The maximum absolute atomic E-state index is 11.8. The van der Waals surface area contributed by atoms with Crippen LogP contribution in [0.15, 0.2) is 0 Å². The smallest absolute Gasteiger partial charge is 0.315 e. The first kappa shape index (κ1) is 16.0. The number of hydrogen-bond acceptors (Lipinski definition) is 4. The summed E-state index contributed by atoms with van der Waals surface area (Å²) in [5, 5.41) is 14.7. The summed E-state index contributed by atoms with van der Waals surface area (Å²) in [4.78, 5) is 25.5. The Morgan fingerprint density at radius 1 is 1.38 bits per heavy atom. The lowest BCUT2D eigenvalue weighted by Crippen LogP contribution is -2.52. The first-order valence-corrected chi connectivity index (χ1v) is 7.60. The predicted molar refractivity (Wildman–Crippen MR) is 77.2 cm³/mol. The Bertz CT molecular complexity index is 384. The maximum atomic E-state index is 11.8. The quantitative estimate of drug-likeness (QED) is 0.612. The third kappa shape index (κ3) is 4.07. The first-order chi connectivity index (χ1) is 10.0. The minimum Gasteiger partial charge on any atom is -0.481 e. The van der Waals surface area contributed by atoms with E-state index in [9.17, 15) is 14.7 Å². The molecule has 2 aliphatic rings. The highest BCUT2D eigenvalue weighted by atomic mass is 16.5. The largest absolute Gasteiger partial charge is 0.481 e. The van der Waals surface area contributed by atoms with Gasteiger partial charge in [-0.3, -0.25) is 4.79 Å². The van der Waals surface area contributed by atoms with Gasteiger partial charge in [0.05, 0.1) is 19.3 Å². The number of ether oxygens (including phenoxy) is 1. The molecule has 7 nitrogen and oxygen atoms in total. The third-order valence-corrected chi connectivity index (χ3v) is 4.38. The number of nitrogens with one attached hydrogen (secondary N) is 2. The van der Waals surface area contributed by atoms with E-state index in [4.69, 9.17) is 4.74 Å². The summed E-state index contributed by atoms with van der Waals surface area (Å²) in [6.45, 7) is 5.87. The van der Waals surface area contributed by atoms with Crippen molar-refractivity contribution in [1.29, 1.82) is 0 Å². The fourth-order valence-electron chi connectivity index (χ4n) is 2.81. The molecule has 2 unspecified atom stereocenters. The molecule has 2 rings (SSSR count). The molecule has 7 heteroatoms. The van der Waals surface area contributed by atoms with Gasteiger partial charge in [0, 0.05) is 6.54 Å². The van der Waals surface area contributed by atoms with E-state index >= 15 is 0 Å². The van der Waals surface area contributed by atoms with Crippen molar-refractivity contribution >= 4 is 12.0 Å². The Labute approximate surface area is 125 Å². The lowest BCUT2D eigenvalue weighted by molar-refractivity contribution is -0.148. The summed E-state index contributed by atoms with van der Waals surface area (Å²) >= 11 is 0. The van der Waals surface area contributed by atoms with Crippen LogP contribution < -0.4 is 10.6 Å². The average Bonchev–Trinajstić information content (AvgIpc) is 3.06. The Hall–Kier alpha value is -1.34. The number of carbonyl (C=O) groups excluding carboxylic acids is 1. The molecule has 2 saturated heterocycles. The van der Waals surface area contributed by atoms with Crippen LogP contribution in [-0.2, 0) is 9.53 Å². The molecule has 0 aliphatic carbocycles. The molecule has 2 atom stereocenters. The second-order valence-corrected chi connectivity index (χ2v) is 6.09. The highest BCUT2D eigenvalue weighted by Crippen LogP contribution is 2.28. The monoisotopic (exact) mass is 299 g/mol. The molecule has 3 N–H and O–H groups in total. The zero-order valence-corrected chi connectivity index (χ0v) is 12.6. The van der Waals surface area contributed by atoms with Crippen molar-refractivity contribution in [2.45, 2.75) is 32.2 Å².